The number of ketones is 1. The number of phenols is 3. The third-order valence-electron chi connectivity index (χ3n) is 8.58. The Kier molecular flexibility index (Phi) is 11.5. The number of carbonyl (C=O) groups is 2. The monoisotopic (exact) mass is 734 g/mol. The van der Waals surface area contributed by atoms with Crippen molar-refractivity contribution in [3.05, 3.63) is 46.6 Å². The molecule has 7 N–H and O–H groups in total. The van der Waals surface area contributed by atoms with Crippen molar-refractivity contribution in [3.63, 3.8) is 0 Å². The molecule has 2 aromatic carbocycles. The maximum atomic E-state index is 13.9. The summed E-state index contributed by atoms with van der Waals surface area (Å²) >= 11 is 0. The van der Waals surface area contributed by atoms with Crippen molar-refractivity contribution in [2.75, 3.05) is 6.61 Å². The topological polar surface area (TPSA) is 261 Å². The predicted molar refractivity (Wildman–Crippen MR) is 176 cm³/mol. The van der Waals surface area contributed by atoms with Gasteiger partial charge < -0.3 is 68.6 Å². The van der Waals surface area contributed by atoms with Crippen molar-refractivity contribution in [3.8, 4) is 34.3 Å². The number of aliphatic hydroxyl groups excluding tert-OH is 4. The number of carbonyl (C=O) groups excluding carboxylic acids is 2. The summed E-state index contributed by atoms with van der Waals surface area (Å²) in [5.41, 5.74) is -2.15. The maximum absolute atomic E-state index is 13.9. The molecule has 0 amide bonds. The zero-order valence-electron chi connectivity index (χ0n) is 28.9. The molecule has 2 saturated heterocycles. The second kappa shape index (κ2) is 15.3. The highest BCUT2D eigenvalue weighted by molar-refractivity contribution is 5.88. The SMILES string of the molecule is CC(=O)CC(C)(C)OC1C(O)C(Oc2c(-c3ccc(O)cc3)oc3cc(O)cc(O)c3c2=O)OC(C)C1OC1OC(CO)C(O)C(OC(C)=O)C1O. The quantitative estimate of drug-likeness (QED) is 0.135. The van der Waals surface area contributed by atoms with Crippen LogP contribution in [-0.4, -0.2) is 121 Å². The highest BCUT2D eigenvalue weighted by Gasteiger charge is 2.53. The van der Waals surface area contributed by atoms with Gasteiger partial charge in [-0.05, 0) is 52.0 Å². The normalized spacial score (nSPS) is 29.5. The van der Waals surface area contributed by atoms with Crippen LogP contribution in [0.3, 0.4) is 0 Å². The van der Waals surface area contributed by atoms with E-state index < -0.39 is 102 Å². The lowest BCUT2D eigenvalue weighted by Gasteiger charge is -2.48. The Morgan fingerprint density at radius 3 is 2.13 bits per heavy atom. The Morgan fingerprint density at radius 1 is 0.865 bits per heavy atom. The van der Waals surface area contributed by atoms with Crippen molar-refractivity contribution in [2.24, 2.45) is 0 Å². The van der Waals surface area contributed by atoms with Gasteiger partial charge >= 0.3 is 5.97 Å². The molecule has 1 aromatic heterocycles. The van der Waals surface area contributed by atoms with Crippen LogP contribution in [-0.2, 0) is 33.3 Å². The molecule has 2 aliphatic heterocycles. The molecule has 52 heavy (non-hydrogen) atoms. The molecular weight excluding hydrogens is 692 g/mol. The average molecular weight is 735 g/mol. The van der Waals surface area contributed by atoms with Gasteiger partial charge in [0.05, 0.1) is 18.3 Å². The second-order valence-corrected chi connectivity index (χ2v) is 13.4. The molecule has 17 nitrogen and oxygen atoms in total. The minimum atomic E-state index is -1.83. The highest BCUT2D eigenvalue weighted by atomic mass is 16.7. The zero-order valence-corrected chi connectivity index (χ0v) is 28.9. The summed E-state index contributed by atoms with van der Waals surface area (Å²) in [7, 11) is 0. The van der Waals surface area contributed by atoms with Crippen LogP contribution < -0.4 is 10.2 Å². The number of hydrogen-bond donors (Lipinski definition) is 7. The van der Waals surface area contributed by atoms with Crippen molar-refractivity contribution in [2.45, 2.75) is 108 Å². The number of rotatable bonds is 11. The Bertz CT molecular complexity index is 1820. The van der Waals surface area contributed by atoms with Crippen LogP contribution >= 0.6 is 0 Å². The number of aromatic hydroxyl groups is 3. The number of hydrogen-bond acceptors (Lipinski definition) is 17. The van der Waals surface area contributed by atoms with E-state index in [1.165, 1.54) is 38.1 Å². The van der Waals surface area contributed by atoms with Gasteiger partial charge in [-0.2, -0.15) is 0 Å². The van der Waals surface area contributed by atoms with Crippen LogP contribution in [0.25, 0.3) is 22.3 Å². The van der Waals surface area contributed by atoms with Crippen LogP contribution in [0.15, 0.2) is 45.6 Å². The van der Waals surface area contributed by atoms with E-state index in [9.17, 15) is 50.1 Å². The van der Waals surface area contributed by atoms with Crippen LogP contribution in [0, 0.1) is 0 Å². The molecule has 17 heteroatoms. The first kappa shape index (κ1) is 38.9. The number of esters is 1. The van der Waals surface area contributed by atoms with Gasteiger partial charge in [0.2, 0.25) is 17.5 Å². The predicted octanol–water partition coefficient (Wildman–Crippen LogP) is 0.960. The van der Waals surface area contributed by atoms with Gasteiger partial charge in [0.15, 0.2) is 18.2 Å². The van der Waals surface area contributed by atoms with Crippen molar-refractivity contribution >= 4 is 22.7 Å². The van der Waals surface area contributed by atoms with Crippen molar-refractivity contribution in [1.82, 2.24) is 0 Å². The lowest BCUT2D eigenvalue weighted by Crippen LogP contribution is -2.65. The molecule has 10 atom stereocenters. The van der Waals surface area contributed by atoms with Gasteiger partial charge in [-0.1, -0.05) is 0 Å². The Morgan fingerprint density at radius 2 is 1.52 bits per heavy atom. The van der Waals surface area contributed by atoms with Gasteiger partial charge in [0.25, 0.3) is 0 Å². The molecule has 10 unspecified atom stereocenters. The molecule has 0 aliphatic carbocycles. The molecule has 0 radical (unpaired) electrons. The van der Waals surface area contributed by atoms with E-state index in [4.69, 9.17) is 32.8 Å². The summed E-state index contributed by atoms with van der Waals surface area (Å²) in [4.78, 5) is 37.8. The number of benzene rings is 2. The molecule has 0 bridgehead atoms. The first-order chi connectivity index (χ1) is 24.4. The van der Waals surface area contributed by atoms with Crippen LogP contribution in [0.1, 0.15) is 41.0 Å². The molecule has 2 aliphatic rings. The minimum Gasteiger partial charge on any atom is -0.508 e. The standard InChI is InChI=1S/C35H42O17/c1-14(37)12-35(4,5)52-32-27(45)33(46-15(2)28(32)50-34-26(44)30(47-16(3)38)24(42)22(13-36)49-34)51-31-25(43)23-20(41)10-19(40)11-21(23)48-29(31)17-6-8-18(39)9-7-17/h6-11,15,22,24,26-28,30,32-34,36,39-42,44-45H,12-13H2,1-5H3. The van der Waals surface area contributed by atoms with Gasteiger partial charge in [-0.15, -0.1) is 0 Å². The van der Waals surface area contributed by atoms with Crippen molar-refractivity contribution in [1.29, 1.82) is 0 Å². The molecular formula is C35H42O17. The summed E-state index contributed by atoms with van der Waals surface area (Å²) in [5, 5.41) is 73.5. The van der Waals surface area contributed by atoms with E-state index in [0.29, 0.717) is 0 Å². The van der Waals surface area contributed by atoms with Gasteiger partial charge in [0, 0.05) is 31.0 Å². The number of phenolic OH excluding ortho intramolecular Hbond substituents is 3. The number of Topliss-reactive ketones (excluding diaryl/α,β-unsaturated/α-hetero) is 1. The van der Waals surface area contributed by atoms with E-state index >= 15 is 0 Å². The van der Waals surface area contributed by atoms with E-state index in [0.717, 1.165) is 19.1 Å². The lowest BCUT2D eigenvalue weighted by molar-refractivity contribution is -0.358. The summed E-state index contributed by atoms with van der Waals surface area (Å²) in [6, 6.07) is 7.47. The van der Waals surface area contributed by atoms with E-state index in [1.54, 1.807) is 13.8 Å². The smallest absolute Gasteiger partial charge is 0.303 e. The molecule has 2 fully saturated rings. The van der Waals surface area contributed by atoms with Gasteiger partial charge in [-0.25, -0.2) is 0 Å². The van der Waals surface area contributed by atoms with E-state index in [-0.39, 0.29) is 40.2 Å². The Labute approximate surface area is 296 Å². The fourth-order valence-corrected chi connectivity index (χ4v) is 6.36. The summed E-state index contributed by atoms with van der Waals surface area (Å²) in [6.07, 6.45) is -15.6. The molecule has 5 rings (SSSR count). The fourth-order valence-electron chi connectivity index (χ4n) is 6.36. The summed E-state index contributed by atoms with van der Waals surface area (Å²) in [5.74, 6) is -2.98. The number of aliphatic hydroxyl groups is 4. The minimum absolute atomic E-state index is 0.102. The summed E-state index contributed by atoms with van der Waals surface area (Å²) in [6.45, 7) is 6.29. The zero-order chi connectivity index (χ0) is 38.2. The molecule has 284 valence electrons. The highest BCUT2D eigenvalue weighted by Crippen LogP contribution is 2.39. The van der Waals surface area contributed by atoms with Crippen LogP contribution in [0.5, 0.6) is 23.0 Å². The van der Waals surface area contributed by atoms with Crippen molar-refractivity contribution < 1.29 is 78.2 Å². The molecule has 3 aromatic rings. The first-order valence-electron chi connectivity index (χ1n) is 16.4. The van der Waals surface area contributed by atoms with E-state index in [1.807, 2.05) is 0 Å². The lowest BCUT2D eigenvalue weighted by atomic mass is 9.95. The summed E-state index contributed by atoms with van der Waals surface area (Å²) < 4.78 is 41.1. The number of fused-ring (bicyclic) bond motifs is 1. The van der Waals surface area contributed by atoms with Gasteiger partial charge in [0.1, 0.15) is 70.6 Å². The average Bonchev–Trinajstić information content (AvgIpc) is 3.04. The Balaban J connectivity index is 1.55. The third kappa shape index (κ3) is 8.16. The molecule has 0 spiro atoms. The molecule has 3 heterocycles. The maximum Gasteiger partial charge on any atom is 0.303 e. The number of ether oxygens (including phenoxy) is 6. The van der Waals surface area contributed by atoms with Gasteiger partial charge in [-0.3, -0.25) is 14.4 Å². The fraction of sp³-hybridized carbons (Fsp3) is 0.514. The second-order valence-electron chi connectivity index (χ2n) is 13.4. The third-order valence-corrected chi connectivity index (χ3v) is 8.58. The van der Waals surface area contributed by atoms with Crippen LogP contribution in [0.2, 0.25) is 0 Å². The largest absolute Gasteiger partial charge is 0.508 e. The Hall–Kier alpha value is -4.33. The molecule has 0 saturated carbocycles. The first-order valence-corrected chi connectivity index (χ1v) is 16.4. The van der Waals surface area contributed by atoms with Crippen LogP contribution in [0.4, 0.5) is 0 Å². The van der Waals surface area contributed by atoms with E-state index in [2.05, 4.69) is 0 Å².